The first-order chi connectivity index (χ1) is 14.4. The lowest BCUT2D eigenvalue weighted by molar-refractivity contribution is -0.137. The number of halogens is 3. The van der Waals surface area contributed by atoms with Crippen LogP contribution in [0.4, 0.5) is 23.7 Å². The predicted octanol–water partition coefficient (Wildman–Crippen LogP) is 5.66. The zero-order valence-corrected chi connectivity index (χ0v) is 16.4. The molecule has 0 saturated heterocycles. The van der Waals surface area contributed by atoms with Crippen LogP contribution in [0.2, 0.25) is 0 Å². The molecule has 0 spiro atoms. The monoisotopic (exact) mass is 413 g/mol. The minimum absolute atomic E-state index is 0.292. The van der Waals surface area contributed by atoms with Gasteiger partial charge in [-0.15, -0.1) is 0 Å². The zero-order valence-electron chi connectivity index (χ0n) is 16.4. The third-order valence-electron chi connectivity index (χ3n) is 6.05. The van der Waals surface area contributed by atoms with Crippen LogP contribution in [0.1, 0.15) is 29.7 Å². The van der Waals surface area contributed by atoms with Crippen molar-refractivity contribution in [1.29, 1.82) is 0 Å². The molecule has 1 N–H and O–H groups in total. The molecule has 1 aromatic heterocycles. The maximum Gasteiger partial charge on any atom is 0.416 e. The highest BCUT2D eigenvalue weighted by molar-refractivity contribution is 5.91. The number of urea groups is 1. The van der Waals surface area contributed by atoms with E-state index in [0.717, 1.165) is 31.0 Å². The van der Waals surface area contributed by atoms with Crippen LogP contribution in [-0.4, -0.2) is 22.0 Å². The van der Waals surface area contributed by atoms with Crippen LogP contribution in [0.5, 0.6) is 0 Å². The van der Waals surface area contributed by atoms with Gasteiger partial charge in [0, 0.05) is 53.9 Å². The Morgan fingerprint density at radius 3 is 2.50 bits per heavy atom. The van der Waals surface area contributed by atoms with Crippen molar-refractivity contribution < 1.29 is 18.0 Å². The van der Waals surface area contributed by atoms with Crippen LogP contribution in [0, 0.1) is 5.92 Å². The number of hydrogen-bond acceptors (Lipinski definition) is 1. The summed E-state index contributed by atoms with van der Waals surface area (Å²) in [5.74, 6) is 0.755. The van der Waals surface area contributed by atoms with Gasteiger partial charge < -0.3 is 14.8 Å². The van der Waals surface area contributed by atoms with Crippen LogP contribution < -0.4 is 5.32 Å². The number of nitrogens with zero attached hydrogens (tertiary/aromatic N) is 2. The van der Waals surface area contributed by atoms with E-state index in [0.29, 0.717) is 18.8 Å². The Bertz CT molecular complexity index is 1100. The standard InChI is InChI=1S/C23H22F3N3O/c24-23(25,26)16-7-9-17(10-8-16)27-22(30)28-12-11-21-19(14-28)18-3-1-2-4-20(18)29(21)13-15-5-6-15/h1-4,7-10,15H,5-6,11-14H2,(H,27,30). The third-order valence-corrected chi connectivity index (χ3v) is 6.05. The number of nitrogens with one attached hydrogen (secondary N) is 1. The molecule has 0 atom stereocenters. The summed E-state index contributed by atoms with van der Waals surface area (Å²) in [6, 6.07) is 12.6. The normalized spacial score (nSPS) is 16.6. The van der Waals surface area contributed by atoms with Crippen molar-refractivity contribution in [2.75, 3.05) is 11.9 Å². The molecule has 0 unspecified atom stereocenters. The van der Waals surface area contributed by atoms with Gasteiger partial charge in [-0.05, 0) is 49.1 Å². The first-order valence-electron chi connectivity index (χ1n) is 10.2. The highest BCUT2D eigenvalue weighted by Crippen LogP contribution is 2.37. The van der Waals surface area contributed by atoms with E-state index in [1.165, 1.54) is 47.1 Å². The summed E-state index contributed by atoms with van der Waals surface area (Å²) in [4.78, 5) is 14.5. The number of alkyl halides is 3. The fraction of sp³-hybridized carbons (Fsp3) is 0.348. The van der Waals surface area contributed by atoms with Gasteiger partial charge in [-0.1, -0.05) is 18.2 Å². The van der Waals surface area contributed by atoms with Crippen molar-refractivity contribution in [1.82, 2.24) is 9.47 Å². The average Bonchev–Trinajstić information content (AvgIpc) is 3.50. The van der Waals surface area contributed by atoms with Crippen LogP contribution in [0.25, 0.3) is 10.9 Å². The Kier molecular flexibility index (Phi) is 4.49. The Labute approximate surface area is 172 Å². The fourth-order valence-corrected chi connectivity index (χ4v) is 4.29. The van der Waals surface area contributed by atoms with Crippen molar-refractivity contribution in [2.45, 2.75) is 38.5 Å². The second-order valence-corrected chi connectivity index (χ2v) is 8.17. The Hall–Kier alpha value is -2.96. The fourth-order valence-electron chi connectivity index (χ4n) is 4.29. The summed E-state index contributed by atoms with van der Waals surface area (Å²) in [5, 5.41) is 3.91. The molecule has 0 radical (unpaired) electrons. The summed E-state index contributed by atoms with van der Waals surface area (Å²) in [7, 11) is 0. The van der Waals surface area contributed by atoms with E-state index in [1.54, 1.807) is 4.90 Å². The lowest BCUT2D eigenvalue weighted by Crippen LogP contribution is -2.39. The molecular formula is C23H22F3N3O. The molecule has 4 nitrogen and oxygen atoms in total. The van der Waals surface area contributed by atoms with E-state index in [4.69, 9.17) is 0 Å². The molecule has 1 aliphatic carbocycles. The lowest BCUT2D eigenvalue weighted by atomic mass is 10.0. The summed E-state index contributed by atoms with van der Waals surface area (Å²) < 4.78 is 40.6. The smallest absolute Gasteiger partial charge is 0.344 e. The molecule has 7 heteroatoms. The SMILES string of the molecule is O=C(Nc1ccc(C(F)(F)F)cc1)N1CCc2c(c3ccccc3n2CC2CC2)C1. The van der Waals surface area contributed by atoms with Gasteiger partial charge in [-0.3, -0.25) is 0 Å². The molecule has 5 rings (SSSR count). The topological polar surface area (TPSA) is 37.3 Å². The first-order valence-corrected chi connectivity index (χ1v) is 10.2. The van der Waals surface area contributed by atoms with Crippen molar-refractivity contribution in [2.24, 2.45) is 5.92 Å². The van der Waals surface area contributed by atoms with Crippen molar-refractivity contribution in [3.05, 3.63) is 65.4 Å². The van der Waals surface area contributed by atoms with Gasteiger partial charge in [0.25, 0.3) is 0 Å². The van der Waals surface area contributed by atoms with Gasteiger partial charge in [0.1, 0.15) is 0 Å². The molecule has 2 amide bonds. The number of rotatable bonds is 3. The molecule has 1 saturated carbocycles. The Morgan fingerprint density at radius 1 is 1.07 bits per heavy atom. The number of benzene rings is 2. The number of hydrogen-bond donors (Lipinski definition) is 1. The van der Waals surface area contributed by atoms with Crippen LogP contribution >= 0.6 is 0 Å². The van der Waals surface area contributed by atoms with E-state index in [2.05, 4.69) is 22.0 Å². The van der Waals surface area contributed by atoms with E-state index < -0.39 is 11.7 Å². The summed E-state index contributed by atoms with van der Waals surface area (Å²) in [6.45, 7) is 2.12. The molecule has 0 bridgehead atoms. The van der Waals surface area contributed by atoms with Gasteiger partial charge in [-0.2, -0.15) is 13.2 Å². The van der Waals surface area contributed by atoms with Gasteiger partial charge in [0.05, 0.1) is 5.56 Å². The van der Waals surface area contributed by atoms with Crippen LogP contribution in [0.3, 0.4) is 0 Å². The average molecular weight is 413 g/mol. The third kappa shape index (κ3) is 3.53. The van der Waals surface area contributed by atoms with Gasteiger partial charge in [0.15, 0.2) is 0 Å². The number of para-hydroxylation sites is 1. The molecular weight excluding hydrogens is 391 g/mol. The molecule has 3 aromatic rings. The van der Waals surface area contributed by atoms with Gasteiger partial charge in [0.2, 0.25) is 0 Å². The van der Waals surface area contributed by atoms with E-state index in [9.17, 15) is 18.0 Å². The molecule has 1 fully saturated rings. The van der Waals surface area contributed by atoms with Crippen LogP contribution in [0.15, 0.2) is 48.5 Å². The molecule has 2 aliphatic rings. The molecule has 2 aromatic carbocycles. The minimum Gasteiger partial charge on any atom is -0.344 e. The largest absolute Gasteiger partial charge is 0.416 e. The molecule has 30 heavy (non-hydrogen) atoms. The Morgan fingerprint density at radius 2 is 1.80 bits per heavy atom. The van der Waals surface area contributed by atoms with E-state index >= 15 is 0 Å². The maximum atomic E-state index is 12.8. The number of carbonyl (C=O) groups excluding carboxylic acids is 1. The van der Waals surface area contributed by atoms with Gasteiger partial charge in [-0.25, -0.2) is 4.79 Å². The number of amides is 2. The zero-order chi connectivity index (χ0) is 20.9. The Balaban J connectivity index is 1.36. The first kappa shape index (κ1) is 19.0. The van der Waals surface area contributed by atoms with Crippen molar-refractivity contribution >= 4 is 22.6 Å². The van der Waals surface area contributed by atoms with E-state index in [-0.39, 0.29) is 6.03 Å². The maximum absolute atomic E-state index is 12.8. The van der Waals surface area contributed by atoms with Crippen LogP contribution in [-0.2, 0) is 25.7 Å². The minimum atomic E-state index is -4.39. The lowest BCUT2D eigenvalue weighted by Gasteiger charge is -2.28. The highest BCUT2D eigenvalue weighted by Gasteiger charge is 2.31. The second kappa shape index (κ2) is 7.07. The number of aromatic nitrogens is 1. The van der Waals surface area contributed by atoms with Crippen molar-refractivity contribution in [3.63, 3.8) is 0 Å². The second-order valence-electron chi connectivity index (χ2n) is 8.17. The highest BCUT2D eigenvalue weighted by atomic mass is 19.4. The van der Waals surface area contributed by atoms with E-state index in [1.807, 2.05) is 12.1 Å². The number of anilines is 1. The molecule has 2 heterocycles. The van der Waals surface area contributed by atoms with Crippen molar-refractivity contribution in [3.8, 4) is 0 Å². The summed E-state index contributed by atoms with van der Waals surface area (Å²) in [6.07, 6.45) is -1.05. The predicted molar refractivity (Wildman–Crippen MR) is 109 cm³/mol. The van der Waals surface area contributed by atoms with Gasteiger partial charge >= 0.3 is 12.2 Å². The quantitative estimate of drug-likeness (QED) is 0.591. The number of fused-ring (bicyclic) bond motifs is 3. The molecule has 1 aliphatic heterocycles. The number of carbonyl (C=O) groups is 1. The summed E-state index contributed by atoms with van der Waals surface area (Å²) in [5.41, 5.74) is 3.34. The molecule has 156 valence electrons. The summed E-state index contributed by atoms with van der Waals surface area (Å²) >= 11 is 0.